The molecular formula is C17H24N8. The molecule has 0 saturated carbocycles. The molecule has 1 aliphatic heterocycles. The Bertz CT molecular complexity index is 828. The van der Waals surface area contributed by atoms with Crippen molar-refractivity contribution < 1.29 is 0 Å². The van der Waals surface area contributed by atoms with E-state index < -0.39 is 0 Å². The highest BCUT2D eigenvalue weighted by atomic mass is 15.4. The van der Waals surface area contributed by atoms with Crippen LogP contribution in [0.15, 0.2) is 44.0 Å². The van der Waals surface area contributed by atoms with Gasteiger partial charge in [-0.25, -0.2) is 9.50 Å². The molecule has 1 N–H and O–H groups in total. The maximum absolute atomic E-state index is 4.74. The predicted octanol–water partition coefficient (Wildman–Crippen LogP) is 1.76. The van der Waals surface area contributed by atoms with Gasteiger partial charge in [-0.1, -0.05) is 0 Å². The van der Waals surface area contributed by atoms with Crippen molar-refractivity contribution in [3.05, 3.63) is 44.0 Å². The Balaban J connectivity index is 0.000000880. The largest absolute Gasteiger partial charge is 0.338 e. The molecule has 1 saturated heterocycles. The zero-order valence-electron chi connectivity index (χ0n) is 14.8. The van der Waals surface area contributed by atoms with E-state index in [2.05, 4.69) is 45.4 Å². The van der Waals surface area contributed by atoms with Gasteiger partial charge in [-0.05, 0) is 19.2 Å². The van der Waals surface area contributed by atoms with Gasteiger partial charge in [-0.3, -0.25) is 0 Å². The lowest BCUT2D eigenvalue weighted by Gasteiger charge is -2.32. The van der Waals surface area contributed by atoms with Crippen LogP contribution < -0.4 is 10.2 Å². The van der Waals surface area contributed by atoms with Crippen molar-refractivity contribution in [3.63, 3.8) is 0 Å². The number of aromatic nitrogens is 5. The van der Waals surface area contributed by atoms with E-state index in [1.54, 1.807) is 6.33 Å². The van der Waals surface area contributed by atoms with Crippen LogP contribution in [-0.4, -0.2) is 62.3 Å². The maximum Gasteiger partial charge on any atom is 0.245 e. The summed E-state index contributed by atoms with van der Waals surface area (Å²) < 4.78 is 3.77. The summed E-state index contributed by atoms with van der Waals surface area (Å²) in [5.74, 6) is 2.30. The Morgan fingerprint density at radius 1 is 1.12 bits per heavy atom. The smallest absolute Gasteiger partial charge is 0.245 e. The number of nitrogens with one attached hydrogen (secondary N) is 1. The minimum absolute atomic E-state index is 0.750. The second kappa shape index (κ2) is 7.35. The molecule has 8 nitrogen and oxygen atoms in total. The van der Waals surface area contributed by atoms with E-state index in [-0.39, 0.29) is 0 Å². The highest BCUT2D eigenvalue weighted by Gasteiger charge is 2.18. The number of nitrogens with zero attached hydrogens (tertiary/aromatic N) is 7. The van der Waals surface area contributed by atoms with Gasteiger partial charge in [0.05, 0.1) is 6.33 Å². The zero-order chi connectivity index (χ0) is 17.8. The summed E-state index contributed by atoms with van der Waals surface area (Å²) in [6, 6.07) is 3.97. The molecule has 0 bridgehead atoms. The molecule has 1 fully saturated rings. The third-order valence-electron chi connectivity index (χ3n) is 4.12. The lowest BCUT2D eigenvalue weighted by Crippen LogP contribution is -2.45. The fourth-order valence-corrected chi connectivity index (χ4v) is 2.75. The third-order valence-corrected chi connectivity index (χ3v) is 4.12. The molecule has 0 amide bonds. The molecule has 132 valence electrons. The van der Waals surface area contributed by atoms with Crippen LogP contribution in [0.25, 0.3) is 5.52 Å². The average Bonchev–Trinajstić information content (AvgIpc) is 3.26. The van der Waals surface area contributed by atoms with Gasteiger partial charge < -0.3 is 19.7 Å². The van der Waals surface area contributed by atoms with Gasteiger partial charge in [0.2, 0.25) is 5.95 Å². The topological polar surface area (TPSA) is 66.5 Å². The molecule has 0 radical (unpaired) electrons. The first-order valence-corrected chi connectivity index (χ1v) is 8.23. The summed E-state index contributed by atoms with van der Waals surface area (Å²) in [5, 5.41) is 7.94. The number of rotatable bonds is 3. The van der Waals surface area contributed by atoms with Crippen molar-refractivity contribution in [1.29, 1.82) is 0 Å². The van der Waals surface area contributed by atoms with Crippen LogP contribution in [0.4, 0.5) is 17.6 Å². The fourth-order valence-electron chi connectivity index (χ4n) is 2.75. The van der Waals surface area contributed by atoms with Crippen LogP contribution in [0.5, 0.6) is 0 Å². The van der Waals surface area contributed by atoms with E-state index in [4.69, 9.17) is 4.98 Å². The second-order valence-corrected chi connectivity index (χ2v) is 5.94. The molecule has 1 aliphatic rings. The summed E-state index contributed by atoms with van der Waals surface area (Å²) in [7, 11) is 4.09. The Labute approximate surface area is 147 Å². The maximum atomic E-state index is 4.74. The number of fused-ring (bicyclic) bond motifs is 1. The molecule has 3 aromatic rings. The van der Waals surface area contributed by atoms with Gasteiger partial charge in [0.25, 0.3) is 0 Å². The summed E-state index contributed by atoms with van der Waals surface area (Å²) in [4.78, 5) is 13.6. The summed E-state index contributed by atoms with van der Waals surface area (Å²) in [6.45, 7) is 9.92. The van der Waals surface area contributed by atoms with Gasteiger partial charge in [-0.15, -0.1) is 18.3 Å². The van der Waals surface area contributed by atoms with Crippen LogP contribution in [0.1, 0.15) is 0 Å². The van der Waals surface area contributed by atoms with Gasteiger partial charge in [0.15, 0.2) is 5.82 Å². The Morgan fingerprint density at radius 3 is 2.56 bits per heavy atom. The first-order chi connectivity index (χ1) is 12.2. The first-order valence-electron chi connectivity index (χ1n) is 8.23. The number of aryl methyl sites for hydroxylation is 1. The van der Waals surface area contributed by atoms with Crippen LogP contribution in [0.2, 0.25) is 0 Å². The number of likely N-dealkylation sites (N-methyl/N-ethyl adjacent to an activating group) is 1. The summed E-state index contributed by atoms with van der Waals surface area (Å²) in [6.07, 6.45) is 5.64. The number of hydrogen-bond donors (Lipinski definition) is 1. The molecule has 0 aromatic carbocycles. The van der Waals surface area contributed by atoms with Crippen LogP contribution in [0.3, 0.4) is 0 Å². The van der Waals surface area contributed by atoms with E-state index in [9.17, 15) is 0 Å². The first kappa shape index (κ1) is 17.0. The lowest BCUT2D eigenvalue weighted by atomic mass is 10.3. The highest BCUT2D eigenvalue weighted by Crippen LogP contribution is 2.22. The number of hydrogen-bond acceptors (Lipinski definition) is 6. The molecule has 0 unspecified atom stereocenters. The molecule has 4 rings (SSSR count). The molecule has 4 heterocycles. The molecule has 3 aromatic heterocycles. The Kier molecular flexibility index (Phi) is 4.99. The van der Waals surface area contributed by atoms with E-state index in [1.807, 2.05) is 40.7 Å². The van der Waals surface area contributed by atoms with Crippen molar-refractivity contribution in [2.45, 2.75) is 0 Å². The third kappa shape index (κ3) is 3.63. The Hall–Kier alpha value is -2.87. The van der Waals surface area contributed by atoms with Crippen molar-refractivity contribution in [2.24, 2.45) is 7.05 Å². The van der Waals surface area contributed by atoms with Gasteiger partial charge in [0.1, 0.15) is 11.3 Å². The van der Waals surface area contributed by atoms with Crippen molar-refractivity contribution in [1.82, 2.24) is 29.0 Å². The molecule has 0 atom stereocenters. The van der Waals surface area contributed by atoms with Crippen LogP contribution >= 0.6 is 0 Å². The predicted molar refractivity (Wildman–Crippen MR) is 100 cm³/mol. The highest BCUT2D eigenvalue weighted by molar-refractivity contribution is 5.72. The van der Waals surface area contributed by atoms with E-state index in [0.29, 0.717) is 0 Å². The molecule has 25 heavy (non-hydrogen) atoms. The monoisotopic (exact) mass is 340 g/mol. The molecule has 8 heteroatoms. The number of imidazole rings is 1. The normalized spacial score (nSPS) is 15.0. The fraction of sp³-hybridized carbons (Fsp3) is 0.353. The van der Waals surface area contributed by atoms with E-state index >= 15 is 0 Å². The summed E-state index contributed by atoms with van der Waals surface area (Å²) in [5.41, 5.74) is 0.938. The van der Waals surface area contributed by atoms with Gasteiger partial charge >= 0.3 is 0 Å². The van der Waals surface area contributed by atoms with Crippen LogP contribution in [-0.2, 0) is 7.05 Å². The zero-order valence-corrected chi connectivity index (χ0v) is 14.8. The van der Waals surface area contributed by atoms with Crippen LogP contribution in [0, 0.1) is 0 Å². The van der Waals surface area contributed by atoms with E-state index in [0.717, 1.165) is 49.3 Å². The number of piperazine rings is 1. The minimum atomic E-state index is 0.750. The number of anilines is 3. The van der Waals surface area contributed by atoms with Crippen molar-refractivity contribution in [3.8, 4) is 0 Å². The average molecular weight is 340 g/mol. The Morgan fingerprint density at radius 2 is 1.88 bits per heavy atom. The second-order valence-electron chi connectivity index (χ2n) is 5.94. The molecule has 0 aliphatic carbocycles. The molecular weight excluding hydrogens is 316 g/mol. The van der Waals surface area contributed by atoms with E-state index in [1.165, 1.54) is 0 Å². The minimum Gasteiger partial charge on any atom is -0.338 e. The quantitative estimate of drug-likeness (QED) is 0.733. The SMILES string of the molecule is C=C.CN1CCN(c2nc(Nc3cn(C)cn3)c3cccn3n2)CC1. The standard InChI is InChI=1S/C15H20N8.C2H4/c1-20-6-8-22(9-7-20)15-18-14(12-4-3-5-23(12)19-15)17-13-10-21(2)11-16-13;1-2/h3-5,10-11H,6-9H2,1-2H3,(H,17,18,19);1-2H2. The van der Waals surface area contributed by atoms with Gasteiger partial charge in [-0.2, -0.15) is 4.98 Å². The summed E-state index contributed by atoms with van der Waals surface area (Å²) >= 11 is 0. The van der Waals surface area contributed by atoms with Gasteiger partial charge in [0, 0.05) is 45.6 Å². The van der Waals surface area contributed by atoms with Crippen molar-refractivity contribution >= 4 is 23.1 Å². The lowest BCUT2D eigenvalue weighted by molar-refractivity contribution is 0.310. The van der Waals surface area contributed by atoms with Crippen molar-refractivity contribution in [2.75, 3.05) is 43.4 Å². The molecule has 0 spiro atoms.